The van der Waals surface area contributed by atoms with Crippen molar-refractivity contribution >= 4 is 5.82 Å². The number of phenols is 1. The van der Waals surface area contributed by atoms with Gasteiger partial charge in [-0.2, -0.15) is 5.10 Å². The van der Waals surface area contributed by atoms with Crippen molar-refractivity contribution < 1.29 is 5.11 Å². The molecule has 2 heterocycles. The summed E-state index contributed by atoms with van der Waals surface area (Å²) in [5, 5.41) is 15.1. The first-order chi connectivity index (χ1) is 16.5. The minimum absolute atomic E-state index is 0.321. The number of phenolic OH excluding ortho intramolecular Hbond substituents is 1. The zero-order valence-electron chi connectivity index (χ0n) is 21.1. The van der Waals surface area contributed by atoms with Crippen LogP contribution in [0.25, 0.3) is 5.69 Å². The van der Waals surface area contributed by atoms with E-state index in [-0.39, 0.29) is 0 Å². The number of rotatable bonds is 9. The van der Waals surface area contributed by atoms with Crippen LogP contribution in [0.1, 0.15) is 44.5 Å². The van der Waals surface area contributed by atoms with Gasteiger partial charge in [-0.25, -0.2) is 4.68 Å². The lowest BCUT2D eigenvalue weighted by Gasteiger charge is -2.36. The summed E-state index contributed by atoms with van der Waals surface area (Å²) in [5.41, 5.74) is 4.73. The van der Waals surface area contributed by atoms with Crippen LogP contribution >= 0.6 is 0 Å². The molecule has 1 aromatic heterocycles. The SMILES string of the molecule is CCc1nn(-c2ccccc2)c(N2CCN(CC)CC2)c1CN(Cc1cccc(O)c1)C(C)C. The molecule has 6 nitrogen and oxygen atoms in total. The smallest absolute Gasteiger partial charge is 0.137 e. The van der Waals surface area contributed by atoms with E-state index in [1.807, 2.05) is 12.1 Å². The fraction of sp³-hybridized carbons (Fsp3) is 0.464. The molecule has 6 heteroatoms. The maximum Gasteiger partial charge on any atom is 0.137 e. The second-order valence-electron chi connectivity index (χ2n) is 9.44. The van der Waals surface area contributed by atoms with Gasteiger partial charge in [0.15, 0.2) is 0 Å². The molecule has 1 fully saturated rings. The molecule has 1 N–H and O–H groups in total. The van der Waals surface area contributed by atoms with Crippen LogP contribution in [0.4, 0.5) is 5.82 Å². The number of aromatic hydroxyl groups is 1. The van der Waals surface area contributed by atoms with Crippen molar-refractivity contribution in [3.63, 3.8) is 0 Å². The van der Waals surface area contributed by atoms with Crippen LogP contribution in [0.2, 0.25) is 0 Å². The summed E-state index contributed by atoms with van der Waals surface area (Å²) < 4.78 is 2.17. The Bertz CT molecular complexity index is 1050. The van der Waals surface area contributed by atoms with Gasteiger partial charge in [0.2, 0.25) is 0 Å². The Labute approximate surface area is 204 Å². The number of para-hydroxylation sites is 1. The van der Waals surface area contributed by atoms with E-state index in [9.17, 15) is 5.11 Å². The topological polar surface area (TPSA) is 47.8 Å². The number of piperazine rings is 1. The molecule has 34 heavy (non-hydrogen) atoms. The number of anilines is 1. The lowest BCUT2D eigenvalue weighted by molar-refractivity contribution is 0.202. The average molecular weight is 462 g/mol. The molecular formula is C28H39N5O. The van der Waals surface area contributed by atoms with Crippen molar-refractivity contribution in [3.8, 4) is 11.4 Å². The summed E-state index contributed by atoms with van der Waals surface area (Å²) in [6.45, 7) is 15.8. The van der Waals surface area contributed by atoms with E-state index in [1.54, 1.807) is 6.07 Å². The van der Waals surface area contributed by atoms with Crippen molar-refractivity contribution in [2.45, 2.75) is 53.2 Å². The van der Waals surface area contributed by atoms with Crippen molar-refractivity contribution in [3.05, 3.63) is 71.4 Å². The van der Waals surface area contributed by atoms with Crippen molar-refractivity contribution in [2.24, 2.45) is 0 Å². The number of likely N-dealkylation sites (N-methyl/N-ethyl adjacent to an activating group) is 1. The van der Waals surface area contributed by atoms with Gasteiger partial charge in [0, 0.05) is 50.9 Å². The lowest BCUT2D eigenvalue weighted by Crippen LogP contribution is -2.47. The Balaban J connectivity index is 1.73. The molecular weight excluding hydrogens is 422 g/mol. The predicted octanol–water partition coefficient (Wildman–Crippen LogP) is 4.69. The van der Waals surface area contributed by atoms with Gasteiger partial charge in [-0.1, -0.05) is 44.2 Å². The highest BCUT2D eigenvalue weighted by molar-refractivity contribution is 5.56. The molecule has 0 amide bonds. The maximum atomic E-state index is 9.98. The second kappa shape index (κ2) is 11.1. The first kappa shape index (κ1) is 24.3. The van der Waals surface area contributed by atoms with Crippen LogP contribution in [0, 0.1) is 0 Å². The van der Waals surface area contributed by atoms with Crippen LogP contribution in [0.15, 0.2) is 54.6 Å². The summed E-state index contributed by atoms with van der Waals surface area (Å²) >= 11 is 0. The Kier molecular flexibility index (Phi) is 7.91. The van der Waals surface area contributed by atoms with Gasteiger partial charge in [0.25, 0.3) is 0 Å². The molecule has 0 unspecified atom stereocenters. The fourth-order valence-corrected chi connectivity index (χ4v) is 4.79. The number of hydrogen-bond acceptors (Lipinski definition) is 5. The standard InChI is InChI=1S/C28H39N5O/c1-5-27-26(21-32(22(3)4)20-23-11-10-14-25(34)19-23)28(31-17-15-30(6-2)16-18-31)33(29-27)24-12-8-7-9-13-24/h7-14,19,22,34H,5-6,15-18,20-21H2,1-4H3. The molecule has 4 rings (SSSR count). The van der Waals surface area contributed by atoms with E-state index in [0.29, 0.717) is 11.8 Å². The highest BCUT2D eigenvalue weighted by Crippen LogP contribution is 2.31. The van der Waals surface area contributed by atoms with E-state index in [1.165, 1.54) is 17.1 Å². The zero-order valence-corrected chi connectivity index (χ0v) is 21.1. The van der Waals surface area contributed by atoms with Crippen molar-refractivity contribution in [1.82, 2.24) is 19.6 Å². The molecule has 2 aromatic carbocycles. The van der Waals surface area contributed by atoms with Gasteiger partial charge in [-0.3, -0.25) is 4.90 Å². The highest BCUT2D eigenvalue weighted by atomic mass is 16.3. The molecule has 0 atom stereocenters. The molecule has 0 saturated carbocycles. The maximum absolute atomic E-state index is 9.98. The molecule has 1 aliphatic heterocycles. The van der Waals surface area contributed by atoms with Gasteiger partial charge in [-0.05, 0) is 56.6 Å². The van der Waals surface area contributed by atoms with Crippen LogP contribution in [-0.2, 0) is 19.5 Å². The van der Waals surface area contributed by atoms with Gasteiger partial charge in [0.05, 0.1) is 11.4 Å². The van der Waals surface area contributed by atoms with Crippen LogP contribution in [-0.4, -0.2) is 63.5 Å². The summed E-state index contributed by atoms with van der Waals surface area (Å²) in [7, 11) is 0. The number of aryl methyl sites for hydroxylation is 1. The molecule has 0 bridgehead atoms. The summed E-state index contributed by atoms with van der Waals surface area (Å²) in [6, 6.07) is 18.5. The Morgan fingerprint density at radius 3 is 2.29 bits per heavy atom. The monoisotopic (exact) mass is 461 g/mol. The van der Waals surface area contributed by atoms with E-state index in [0.717, 1.165) is 63.5 Å². The molecule has 0 radical (unpaired) electrons. The van der Waals surface area contributed by atoms with Crippen LogP contribution < -0.4 is 4.90 Å². The molecule has 0 spiro atoms. The van der Waals surface area contributed by atoms with Gasteiger partial charge < -0.3 is 14.9 Å². The fourth-order valence-electron chi connectivity index (χ4n) is 4.79. The number of benzene rings is 2. The number of nitrogens with zero attached hydrogens (tertiary/aromatic N) is 5. The largest absolute Gasteiger partial charge is 0.508 e. The van der Waals surface area contributed by atoms with E-state index >= 15 is 0 Å². The number of hydrogen-bond donors (Lipinski definition) is 1. The zero-order chi connectivity index (χ0) is 24.1. The molecule has 182 valence electrons. The third-order valence-corrected chi connectivity index (χ3v) is 6.88. The van der Waals surface area contributed by atoms with E-state index in [4.69, 9.17) is 5.10 Å². The van der Waals surface area contributed by atoms with E-state index in [2.05, 4.69) is 83.5 Å². The van der Waals surface area contributed by atoms with Gasteiger partial charge in [0.1, 0.15) is 11.6 Å². The first-order valence-corrected chi connectivity index (χ1v) is 12.7. The average Bonchev–Trinajstić information content (AvgIpc) is 3.22. The summed E-state index contributed by atoms with van der Waals surface area (Å²) in [4.78, 5) is 7.53. The van der Waals surface area contributed by atoms with Crippen molar-refractivity contribution in [2.75, 3.05) is 37.6 Å². The van der Waals surface area contributed by atoms with Crippen molar-refractivity contribution in [1.29, 1.82) is 0 Å². The summed E-state index contributed by atoms with van der Waals surface area (Å²) in [6.07, 6.45) is 0.898. The minimum atomic E-state index is 0.321. The van der Waals surface area contributed by atoms with Crippen LogP contribution in [0.3, 0.4) is 0 Å². The third-order valence-electron chi connectivity index (χ3n) is 6.88. The van der Waals surface area contributed by atoms with Crippen LogP contribution in [0.5, 0.6) is 5.75 Å². The third kappa shape index (κ3) is 5.45. The number of aromatic nitrogens is 2. The quantitative estimate of drug-likeness (QED) is 0.501. The van der Waals surface area contributed by atoms with Gasteiger partial charge in [-0.15, -0.1) is 0 Å². The minimum Gasteiger partial charge on any atom is -0.508 e. The Hall–Kier alpha value is -2.83. The van der Waals surface area contributed by atoms with E-state index < -0.39 is 0 Å². The molecule has 0 aliphatic carbocycles. The lowest BCUT2D eigenvalue weighted by atomic mass is 10.1. The Morgan fingerprint density at radius 1 is 0.941 bits per heavy atom. The second-order valence-corrected chi connectivity index (χ2v) is 9.44. The Morgan fingerprint density at radius 2 is 1.68 bits per heavy atom. The molecule has 3 aromatic rings. The first-order valence-electron chi connectivity index (χ1n) is 12.7. The predicted molar refractivity (Wildman–Crippen MR) is 140 cm³/mol. The normalized spacial score (nSPS) is 14.9. The molecule has 1 saturated heterocycles. The van der Waals surface area contributed by atoms with Gasteiger partial charge >= 0.3 is 0 Å². The molecule has 1 aliphatic rings. The highest BCUT2D eigenvalue weighted by Gasteiger charge is 2.27. The summed E-state index contributed by atoms with van der Waals surface area (Å²) in [5.74, 6) is 1.56.